The number of nitrogens with zero attached hydrogens (tertiary/aromatic N) is 1. The molecule has 1 atom stereocenters. The predicted molar refractivity (Wildman–Crippen MR) is 99.3 cm³/mol. The van der Waals surface area contributed by atoms with Crippen molar-refractivity contribution in [2.24, 2.45) is 0 Å². The van der Waals surface area contributed by atoms with Crippen LogP contribution in [-0.4, -0.2) is 40.9 Å². The fourth-order valence-electron chi connectivity index (χ4n) is 3.10. The fraction of sp³-hybridized carbons (Fsp3) is 0.190. The second kappa shape index (κ2) is 8.39. The quantitative estimate of drug-likeness (QED) is 0.581. The minimum atomic E-state index is -1.19. The van der Waals surface area contributed by atoms with Crippen LogP contribution in [0.1, 0.15) is 39.1 Å². The maximum absolute atomic E-state index is 12.8. The summed E-state index contributed by atoms with van der Waals surface area (Å²) in [6, 6.07) is 14.1. The Morgan fingerprint density at radius 3 is 2.07 bits per heavy atom. The van der Waals surface area contributed by atoms with Gasteiger partial charge in [-0.3, -0.25) is 29.4 Å². The van der Waals surface area contributed by atoms with Crippen LogP contribution in [-0.2, 0) is 20.8 Å². The Kier molecular flexibility index (Phi) is 5.74. The molecule has 7 nitrogen and oxygen atoms in total. The van der Waals surface area contributed by atoms with Crippen molar-refractivity contribution in [3.8, 4) is 0 Å². The number of hydrogen-bond acceptors (Lipinski definition) is 5. The highest BCUT2D eigenvalue weighted by Gasteiger charge is 2.42. The van der Waals surface area contributed by atoms with Gasteiger partial charge in [-0.15, -0.1) is 0 Å². The molecule has 1 aliphatic heterocycles. The Hall–Kier alpha value is -3.61. The van der Waals surface area contributed by atoms with Gasteiger partial charge in [0.25, 0.3) is 11.8 Å². The van der Waals surface area contributed by atoms with Crippen molar-refractivity contribution in [1.82, 2.24) is 10.2 Å². The Morgan fingerprint density at radius 2 is 1.50 bits per heavy atom. The summed E-state index contributed by atoms with van der Waals surface area (Å²) in [5.74, 6) is -2.53. The summed E-state index contributed by atoms with van der Waals surface area (Å²) < 4.78 is 0. The number of carbonyl (C=O) groups excluding carboxylic acids is 5. The Balaban J connectivity index is 1.89. The summed E-state index contributed by atoms with van der Waals surface area (Å²) in [5, 5.41) is 2.20. The molecular formula is C21H18N2O5. The van der Waals surface area contributed by atoms with Gasteiger partial charge in [0.2, 0.25) is 11.8 Å². The fourth-order valence-corrected chi connectivity index (χ4v) is 3.10. The monoisotopic (exact) mass is 378 g/mol. The first-order valence-electron chi connectivity index (χ1n) is 8.81. The molecule has 0 bridgehead atoms. The van der Waals surface area contributed by atoms with E-state index < -0.39 is 29.7 Å². The maximum atomic E-state index is 12.8. The average Bonchev–Trinajstić information content (AvgIpc) is 2.96. The van der Waals surface area contributed by atoms with Gasteiger partial charge in [0.1, 0.15) is 12.3 Å². The summed E-state index contributed by atoms with van der Waals surface area (Å²) in [7, 11) is 0. The third-order valence-electron chi connectivity index (χ3n) is 4.46. The first kappa shape index (κ1) is 19.2. The lowest BCUT2D eigenvalue weighted by Gasteiger charge is -2.25. The van der Waals surface area contributed by atoms with E-state index in [9.17, 15) is 24.0 Å². The van der Waals surface area contributed by atoms with Crippen molar-refractivity contribution in [3.63, 3.8) is 0 Å². The topological polar surface area (TPSA) is 101 Å². The van der Waals surface area contributed by atoms with Crippen molar-refractivity contribution in [2.45, 2.75) is 25.3 Å². The smallest absolute Gasteiger partial charge is 0.262 e. The van der Waals surface area contributed by atoms with Crippen LogP contribution in [0.2, 0.25) is 0 Å². The van der Waals surface area contributed by atoms with Gasteiger partial charge in [-0.25, -0.2) is 0 Å². The van der Waals surface area contributed by atoms with Crippen LogP contribution >= 0.6 is 0 Å². The normalized spacial score (nSPS) is 13.8. The molecule has 0 aromatic heterocycles. The second-order valence-corrected chi connectivity index (χ2v) is 6.35. The van der Waals surface area contributed by atoms with Gasteiger partial charge in [0.05, 0.1) is 11.1 Å². The highest BCUT2D eigenvalue weighted by molar-refractivity contribution is 6.23. The summed E-state index contributed by atoms with van der Waals surface area (Å²) in [6.45, 7) is 0. The molecule has 7 heteroatoms. The van der Waals surface area contributed by atoms with E-state index in [0.717, 1.165) is 10.5 Å². The number of amides is 4. The zero-order valence-electron chi connectivity index (χ0n) is 15.0. The Labute approximate surface area is 161 Å². The van der Waals surface area contributed by atoms with Gasteiger partial charge in [0.15, 0.2) is 0 Å². The van der Waals surface area contributed by atoms with Crippen molar-refractivity contribution >= 4 is 29.9 Å². The van der Waals surface area contributed by atoms with E-state index >= 15 is 0 Å². The number of carbonyl (C=O) groups is 5. The zero-order chi connectivity index (χ0) is 20.1. The molecule has 2 aromatic rings. The average molecular weight is 378 g/mol. The molecule has 3 rings (SSSR count). The number of fused-ring (bicyclic) bond motifs is 1. The second-order valence-electron chi connectivity index (χ2n) is 6.35. The van der Waals surface area contributed by atoms with Crippen molar-refractivity contribution < 1.29 is 24.0 Å². The van der Waals surface area contributed by atoms with E-state index in [0.29, 0.717) is 6.29 Å². The third kappa shape index (κ3) is 3.88. The molecular weight excluding hydrogens is 360 g/mol. The van der Waals surface area contributed by atoms with E-state index in [1.807, 2.05) is 6.07 Å². The summed E-state index contributed by atoms with van der Waals surface area (Å²) in [4.78, 5) is 61.6. The SMILES string of the molecule is O=CCCC(=O)NC(=O)C(Cc1ccccc1)N1C(=O)c2ccccc2C1=O. The molecule has 1 unspecified atom stereocenters. The highest BCUT2D eigenvalue weighted by atomic mass is 16.2. The van der Waals surface area contributed by atoms with Crippen LogP contribution in [0.5, 0.6) is 0 Å². The van der Waals surface area contributed by atoms with Gasteiger partial charge in [-0.1, -0.05) is 42.5 Å². The standard InChI is InChI=1S/C21H18N2O5/c24-12-6-11-18(25)22-19(26)17(13-14-7-2-1-3-8-14)23-20(27)15-9-4-5-10-16(15)21(23)28/h1-5,7-10,12,17H,6,11,13H2,(H,22,25,26). The number of rotatable bonds is 7. The molecule has 0 fully saturated rings. The molecule has 1 N–H and O–H groups in total. The molecule has 2 aromatic carbocycles. The van der Waals surface area contributed by atoms with Crippen LogP contribution < -0.4 is 5.32 Å². The zero-order valence-corrected chi connectivity index (χ0v) is 15.0. The van der Waals surface area contributed by atoms with Gasteiger partial charge in [-0.2, -0.15) is 0 Å². The molecule has 28 heavy (non-hydrogen) atoms. The third-order valence-corrected chi connectivity index (χ3v) is 4.46. The van der Waals surface area contributed by atoms with Crippen molar-refractivity contribution in [1.29, 1.82) is 0 Å². The van der Waals surface area contributed by atoms with Crippen LogP contribution in [0, 0.1) is 0 Å². The van der Waals surface area contributed by atoms with Gasteiger partial charge >= 0.3 is 0 Å². The van der Waals surface area contributed by atoms with Crippen LogP contribution in [0.3, 0.4) is 0 Å². The summed E-state index contributed by atoms with van der Waals surface area (Å²) in [5.41, 5.74) is 1.19. The minimum absolute atomic E-state index is 0.0184. The van der Waals surface area contributed by atoms with E-state index in [-0.39, 0.29) is 30.4 Å². The number of imide groups is 2. The molecule has 4 amide bonds. The summed E-state index contributed by atoms with van der Waals surface area (Å²) in [6.07, 6.45) is 0.486. The molecule has 1 aliphatic rings. The van der Waals surface area contributed by atoms with Crippen molar-refractivity contribution in [2.75, 3.05) is 0 Å². The molecule has 0 spiro atoms. The number of benzene rings is 2. The molecule has 0 saturated heterocycles. The van der Waals surface area contributed by atoms with Gasteiger partial charge < -0.3 is 4.79 Å². The predicted octanol–water partition coefficient (Wildman–Crippen LogP) is 1.52. The maximum Gasteiger partial charge on any atom is 0.262 e. The first-order chi connectivity index (χ1) is 13.5. The van der Waals surface area contributed by atoms with E-state index in [1.54, 1.807) is 36.4 Å². The Morgan fingerprint density at radius 1 is 0.929 bits per heavy atom. The minimum Gasteiger partial charge on any atom is -0.303 e. The summed E-state index contributed by atoms with van der Waals surface area (Å²) >= 11 is 0. The van der Waals surface area contributed by atoms with Gasteiger partial charge in [0, 0.05) is 19.3 Å². The molecule has 0 saturated carbocycles. The van der Waals surface area contributed by atoms with E-state index in [2.05, 4.69) is 5.32 Å². The van der Waals surface area contributed by atoms with Crippen LogP contribution in [0.25, 0.3) is 0 Å². The lowest BCUT2D eigenvalue weighted by Crippen LogP contribution is -2.52. The molecule has 1 heterocycles. The lowest BCUT2D eigenvalue weighted by molar-refractivity contribution is -0.133. The molecule has 142 valence electrons. The largest absolute Gasteiger partial charge is 0.303 e. The highest BCUT2D eigenvalue weighted by Crippen LogP contribution is 2.26. The van der Waals surface area contributed by atoms with Crippen LogP contribution in [0.15, 0.2) is 54.6 Å². The Bertz CT molecular complexity index is 904. The number of hydrogen-bond donors (Lipinski definition) is 1. The van der Waals surface area contributed by atoms with E-state index in [1.165, 1.54) is 12.1 Å². The van der Waals surface area contributed by atoms with Crippen molar-refractivity contribution in [3.05, 3.63) is 71.3 Å². The lowest BCUT2D eigenvalue weighted by atomic mass is 10.0. The first-order valence-corrected chi connectivity index (χ1v) is 8.81. The van der Waals surface area contributed by atoms with Crippen LogP contribution in [0.4, 0.5) is 0 Å². The number of nitrogens with one attached hydrogen (secondary N) is 1. The van der Waals surface area contributed by atoms with Gasteiger partial charge in [-0.05, 0) is 17.7 Å². The molecule has 0 radical (unpaired) electrons. The van der Waals surface area contributed by atoms with E-state index in [4.69, 9.17) is 0 Å². The number of aldehydes is 1. The molecule has 0 aliphatic carbocycles.